The summed E-state index contributed by atoms with van der Waals surface area (Å²) in [5.74, 6) is 1.75. The molecule has 1 aromatic carbocycles. The number of aliphatic hydroxyl groups is 1. The number of ether oxygens (including phenoxy) is 1. The predicted molar refractivity (Wildman–Crippen MR) is 72.6 cm³/mol. The van der Waals surface area contributed by atoms with E-state index in [1.807, 2.05) is 6.92 Å². The van der Waals surface area contributed by atoms with Gasteiger partial charge in [-0.1, -0.05) is 13.0 Å². The van der Waals surface area contributed by atoms with Crippen LogP contribution in [0.15, 0.2) is 16.6 Å². The van der Waals surface area contributed by atoms with Gasteiger partial charge in [0.25, 0.3) is 0 Å². The number of halogens is 1. The van der Waals surface area contributed by atoms with E-state index in [-0.39, 0.29) is 12.5 Å². The van der Waals surface area contributed by atoms with E-state index < -0.39 is 0 Å². The van der Waals surface area contributed by atoms with Crippen LogP contribution in [0.1, 0.15) is 36.8 Å². The van der Waals surface area contributed by atoms with E-state index in [0.29, 0.717) is 0 Å². The molecule has 1 fully saturated rings. The molecule has 0 spiro atoms. The smallest absolute Gasteiger partial charge is 0.137 e. The van der Waals surface area contributed by atoms with Crippen LogP contribution >= 0.6 is 15.9 Å². The lowest BCUT2D eigenvalue weighted by atomic mass is 9.99. The van der Waals surface area contributed by atoms with E-state index in [1.165, 1.54) is 18.4 Å². The molecule has 1 atom stereocenters. The summed E-state index contributed by atoms with van der Waals surface area (Å²) >= 11 is 3.56. The average Bonchev–Trinajstić information content (AvgIpc) is 3.09. The molecular weight excluding hydrogens is 280 g/mol. The first kappa shape index (κ1) is 12.9. The molecule has 0 saturated heterocycles. The summed E-state index contributed by atoms with van der Waals surface area (Å²) in [6.07, 6.45) is 2.57. The third-order valence-electron chi connectivity index (χ3n) is 3.18. The number of hydrogen-bond acceptors (Lipinski definition) is 2. The summed E-state index contributed by atoms with van der Waals surface area (Å²) < 4.78 is 6.91. The van der Waals surface area contributed by atoms with Crippen molar-refractivity contribution < 1.29 is 9.84 Å². The van der Waals surface area contributed by atoms with Gasteiger partial charge in [-0.25, -0.2) is 0 Å². The van der Waals surface area contributed by atoms with Crippen LogP contribution < -0.4 is 4.74 Å². The molecule has 1 aliphatic carbocycles. The maximum absolute atomic E-state index is 9.31. The van der Waals surface area contributed by atoms with E-state index in [2.05, 4.69) is 35.0 Å². The zero-order valence-electron chi connectivity index (χ0n) is 10.4. The van der Waals surface area contributed by atoms with Crippen molar-refractivity contribution in [2.45, 2.75) is 32.6 Å². The molecule has 0 aromatic heterocycles. The van der Waals surface area contributed by atoms with Crippen LogP contribution in [-0.2, 0) is 0 Å². The Kier molecular flexibility index (Phi) is 4.10. The van der Waals surface area contributed by atoms with Gasteiger partial charge in [0, 0.05) is 18.1 Å². The van der Waals surface area contributed by atoms with E-state index in [4.69, 9.17) is 4.74 Å². The van der Waals surface area contributed by atoms with Crippen molar-refractivity contribution >= 4 is 15.9 Å². The molecule has 0 bridgehead atoms. The first-order valence-electron chi connectivity index (χ1n) is 6.15. The van der Waals surface area contributed by atoms with Crippen molar-refractivity contribution in [1.29, 1.82) is 0 Å². The topological polar surface area (TPSA) is 29.5 Å². The van der Waals surface area contributed by atoms with Crippen LogP contribution in [0.4, 0.5) is 0 Å². The highest BCUT2D eigenvalue weighted by Gasteiger charge is 2.23. The summed E-state index contributed by atoms with van der Waals surface area (Å²) in [6.45, 7) is 5.02. The normalized spacial score (nSPS) is 16.9. The zero-order valence-corrected chi connectivity index (χ0v) is 12.0. The van der Waals surface area contributed by atoms with Crippen LogP contribution in [-0.4, -0.2) is 18.3 Å². The zero-order chi connectivity index (χ0) is 12.4. The molecule has 1 unspecified atom stereocenters. The van der Waals surface area contributed by atoms with Crippen molar-refractivity contribution in [2.24, 2.45) is 5.92 Å². The lowest BCUT2D eigenvalue weighted by Gasteiger charge is -2.18. The Morgan fingerprint density at radius 2 is 2.18 bits per heavy atom. The Morgan fingerprint density at radius 3 is 2.76 bits per heavy atom. The van der Waals surface area contributed by atoms with Gasteiger partial charge in [0.05, 0.1) is 11.1 Å². The first-order chi connectivity index (χ1) is 8.11. The summed E-state index contributed by atoms with van der Waals surface area (Å²) in [6, 6.07) is 4.17. The van der Waals surface area contributed by atoms with Crippen LogP contribution in [0.3, 0.4) is 0 Å². The molecule has 17 heavy (non-hydrogen) atoms. The average molecular weight is 299 g/mol. The van der Waals surface area contributed by atoms with Crippen molar-refractivity contribution in [2.75, 3.05) is 13.2 Å². The third kappa shape index (κ3) is 3.23. The van der Waals surface area contributed by atoms with Gasteiger partial charge in [0.15, 0.2) is 0 Å². The molecule has 1 saturated carbocycles. The van der Waals surface area contributed by atoms with Crippen LogP contribution in [0.25, 0.3) is 0 Å². The van der Waals surface area contributed by atoms with Crippen molar-refractivity contribution in [3.05, 3.63) is 27.7 Å². The largest absolute Gasteiger partial charge is 0.492 e. The van der Waals surface area contributed by atoms with Gasteiger partial charge in [0.1, 0.15) is 5.75 Å². The fourth-order valence-electron chi connectivity index (χ4n) is 1.86. The Labute approximate surface area is 111 Å². The monoisotopic (exact) mass is 298 g/mol. The van der Waals surface area contributed by atoms with Crippen molar-refractivity contribution in [3.8, 4) is 5.75 Å². The van der Waals surface area contributed by atoms with Crippen molar-refractivity contribution in [1.82, 2.24) is 0 Å². The molecule has 94 valence electrons. The second-order valence-corrected chi connectivity index (χ2v) is 5.86. The van der Waals surface area contributed by atoms with Crippen LogP contribution in [0, 0.1) is 12.8 Å². The number of hydrogen-bond donors (Lipinski definition) is 1. The molecule has 2 nitrogen and oxygen atoms in total. The first-order valence-corrected chi connectivity index (χ1v) is 6.94. The molecule has 0 aliphatic heterocycles. The van der Waals surface area contributed by atoms with Gasteiger partial charge in [-0.05, 0) is 53.2 Å². The molecule has 0 radical (unpaired) electrons. The van der Waals surface area contributed by atoms with Gasteiger partial charge in [-0.15, -0.1) is 0 Å². The summed E-state index contributed by atoms with van der Waals surface area (Å²) in [5.41, 5.74) is 2.28. The Morgan fingerprint density at radius 1 is 1.47 bits per heavy atom. The summed E-state index contributed by atoms with van der Waals surface area (Å²) in [5, 5.41) is 9.31. The maximum atomic E-state index is 9.31. The van der Waals surface area contributed by atoms with Gasteiger partial charge >= 0.3 is 0 Å². The van der Waals surface area contributed by atoms with Gasteiger partial charge in [-0.2, -0.15) is 0 Å². The van der Waals surface area contributed by atoms with Crippen molar-refractivity contribution in [3.63, 3.8) is 0 Å². The highest BCUT2D eigenvalue weighted by atomic mass is 79.9. The van der Waals surface area contributed by atoms with E-state index in [9.17, 15) is 5.11 Å². The Hall–Kier alpha value is -0.540. The number of rotatable bonds is 5. The van der Waals surface area contributed by atoms with Gasteiger partial charge in [-0.3, -0.25) is 0 Å². The minimum absolute atomic E-state index is 0.111. The molecule has 2 rings (SSSR count). The van der Waals surface area contributed by atoms with Crippen LogP contribution in [0.2, 0.25) is 0 Å². The number of aryl methyl sites for hydroxylation is 1. The number of benzene rings is 1. The SMILES string of the molecule is Cc1cc(Br)c(OCC2CC2)c(C(C)CO)c1. The molecule has 1 N–H and O–H groups in total. The summed E-state index contributed by atoms with van der Waals surface area (Å²) in [7, 11) is 0. The highest BCUT2D eigenvalue weighted by Crippen LogP contribution is 2.37. The van der Waals surface area contributed by atoms with Gasteiger partial charge < -0.3 is 9.84 Å². The Bertz CT molecular complexity index is 399. The van der Waals surface area contributed by atoms with Crippen LogP contribution in [0.5, 0.6) is 5.75 Å². The lowest BCUT2D eigenvalue weighted by Crippen LogP contribution is -2.07. The standard InChI is InChI=1S/C14H19BrO2/c1-9-5-12(10(2)7-16)14(13(15)6-9)17-8-11-3-4-11/h5-6,10-11,16H,3-4,7-8H2,1-2H3. The second-order valence-electron chi connectivity index (χ2n) is 5.00. The predicted octanol–water partition coefficient (Wildman–Crippen LogP) is 3.64. The fraction of sp³-hybridized carbons (Fsp3) is 0.571. The number of aliphatic hydroxyl groups excluding tert-OH is 1. The third-order valence-corrected chi connectivity index (χ3v) is 3.77. The molecule has 1 aromatic rings. The van der Waals surface area contributed by atoms with Gasteiger partial charge in [0.2, 0.25) is 0 Å². The molecule has 3 heteroatoms. The minimum atomic E-state index is 0.111. The molecular formula is C14H19BrO2. The Balaban J connectivity index is 2.24. The second kappa shape index (κ2) is 5.40. The molecule has 0 heterocycles. The summed E-state index contributed by atoms with van der Waals surface area (Å²) in [4.78, 5) is 0. The molecule has 1 aliphatic rings. The van der Waals surface area contributed by atoms with E-state index in [1.54, 1.807) is 0 Å². The maximum Gasteiger partial charge on any atom is 0.137 e. The van der Waals surface area contributed by atoms with E-state index in [0.717, 1.165) is 28.3 Å². The molecule has 0 amide bonds. The van der Waals surface area contributed by atoms with E-state index >= 15 is 0 Å². The quantitative estimate of drug-likeness (QED) is 0.899. The highest BCUT2D eigenvalue weighted by molar-refractivity contribution is 9.10. The minimum Gasteiger partial charge on any atom is -0.492 e. The fourth-order valence-corrected chi connectivity index (χ4v) is 2.56. The lowest BCUT2D eigenvalue weighted by molar-refractivity contribution is 0.261.